The van der Waals surface area contributed by atoms with E-state index in [-0.39, 0.29) is 12.5 Å². The van der Waals surface area contributed by atoms with Gasteiger partial charge in [0.25, 0.3) is 0 Å². The number of amides is 1. The van der Waals surface area contributed by atoms with Crippen LogP contribution in [-0.2, 0) is 19.1 Å². The monoisotopic (exact) mass is 159 g/mol. The molecule has 11 heavy (non-hydrogen) atoms. The first-order chi connectivity index (χ1) is 5.20. The molecule has 5 heteroatoms. The van der Waals surface area contributed by atoms with E-state index in [0.29, 0.717) is 12.6 Å². The smallest absolute Gasteiger partial charge is 0.219 e. The highest BCUT2D eigenvalue weighted by Crippen LogP contribution is 1.80. The third-order valence-corrected chi connectivity index (χ3v) is 0.813. The van der Waals surface area contributed by atoms with E-state index in [1.165, 1.54) is 6.92 Å². The largest absolute Gasteiger partial charge is 0.344 e. The van der Waals surface area contributed by atoms with E-state index in [4.69, 9.17) is 0 Å². The maximum Gasteiger partial charge on any atom is 0.219 e. The second kappa shape index (κ2) is 5.55. The van der Waals surface area contributed by atoms with E-state index in [1.54, 1.807) is 0 Å². The average Bonchev–Trinajstić information content (AvgIpc) is 1.97. The molecule has 62 valence electrons. The number of hydrogen-bond donors (Lipinski definition) is 1. The molecule has 0 heterocycles. The fraction of sp³-hybridized carbons (Fsp3) is 0.500. The summed E-state index contributed by atoms with van der Waals surface area (Å²) in [5, 5.41) is 2.18. The number of ether oxygens (including phenoxy) is 1. The van der Waals surface area contributed by atoms with Crippen LogP contribution in [0.25, 0.3) is 0 Å². The summed E-state index contributed by atoms with van der Waals surface area (Å²) in [4.78, 5) is 30.2. The van der Waals surface area contributed by atoms with Gasteiger partial charge in [0.2, 0.25) is 5.91 Å². The van der Waals surface area contributed by atoms with Crippen molar-refractivity contribution in [2.45, 2.75) is 13.2 Å². The number of rotatable bonds is 5. The predicted molar refractivity (Wildman–Crippen MR) is 35.7 cm³/mol. The van der Waals surface area contributed by atoms with Crippen LogP contribution in [0.5, 0.6) is 0 Å². The second-order valence-electron chi connectivity index (χ2n) is 1.76. The van der Waals surface area contributed by atoms with Crippen LogP contribution in [-0.4, -0.2) is 31.3 Å². The van der Waals surface area contributed by atoms with Gasteiger partial charge in [0.15, 0.2) is 12.5 Å². The van der Waals surface area contributed by atoms with Gasteiger partial charge in [-0.25, -0.2) is 0 Å². The van der Waals surface area contributed by atoms with E-state index < -0.39 is 6.23 Å². The van der Waals surface area contributed by atoms with E-state index in [1.807, 2.05) is 0 Å². The number of hydrogen-bond acceptors (Lipinski definition) is 4. The summed E-state index contributed by atoms with van der Waals surface area (Å²) in [5.74, 6) is -0.381. The molecule has 0 bridgehead atoms. The number of carbonyl (C=O) groups excluding carboxylic acids is 3. The molecule has 1 N–H and O–H groups in total. The molecule has 5 nitrogen and oxygen atoms in total. The molecule has 0 radical (unpaired) electrons. The molecule has 0 fully saturated rings. The lowest BCUT2D eigenvalue weighted by Crippen LogP contribution is -2.36. The van der Waals surface area contributed by atoms with E-state index in [0.717, 1.165) is 0 Å². The molecular formula is C6H9NO4. The first kappa shape index (κ1) is 9.77. The van der Waals surface area contributed by atoms with Crippen LogP contribution in [0.15, 0.2) is 0 Å². The summed E-state index contributed by atoms with van der Waals surface area (Å²) in [5.41, 5.74) is 0. The van der Waals surface area contributed by atoms with Crippen LogP contribution in [0.3, 0.4) is 0 Å². The molecule has 1 amide bonds. The normalized spacial score (nSPS) is 11.7. The zero-order valence-corrected chi connectivity index (χ0v) is 6.07. The van der Waals surface area contributed by atoms with E-state index in [9.17, 15) is 14.4 Å². The van der Waals surface area contributed by atoms with Crippen molar-refractivity contribution >= 4 is 18.5 Å². The molecular weight excluding hydrogens is 150 g/mol. The molecule has 0 spiro atoms. The van der Waals surface area contributed by atoms with Crippen molar-refractivity contribution in [1.29, 1.82) is 0 Å². The Bertz CT molecular complexity index is 157. The molecule has 0 aliphatic rings. The van der Waals surface area contributed by atoms with Crippen molar-refractivity contribution in [3.63, 3.8) is 0 Å². The van der Waals surface area contributed by atoms with Crippen molar-refractivity contribution in [3.8, 4) is 0 Å². The number of aldehydes is 2. The van der Waals surface area contributed by atoms with Crippen LogP contribution in [0, 0.1) is 0 Å². The Morgan fingerprint density at radius 1 is 1.64 bits per heavy atom. The van der Waals surface area contributed by atoms with Gasteiger partial charge in [-0.1, -0.05) is 0 Å². The molecule has 0 saturated carbocycles. The van der Waals surface area contributed by atoms with Gasteiger partial charge in [-0.2, -0.15) is 0 Å². The fourth-order valence-corrected chi connectivity index (χ4v) is 0.458. The third-order valence-electron chi connectivity index (χ3n) is 0.813. The topological polar surface area (TPSA) is 72.5 Å². The highest BCUT2D eigenvalue weighted by Gasteiger charge is 2.06. The van der Waals surface area contributed by atoms with Gasteiger partial charge in [0.1, 0.15) is 12.9 Å². The van der Waals surface area contributed by atoms with Crippen LogP contribution >= 0.6 is 0 Å². The van der Waals surface area contributed by atoms with Gasteiger partial charge in [-0.05, 0) is 0 Å². The van der Waals surface area contributed by atoms with Gasteiger partial charge < -0.3 is 14.8 Å². The molecule has 0 aliphatic carbocycles. The summed E-state index contributed by atoms with van der Waals surface area (Å²) in [6, 6.07) is 0. The zero-order valence-electron chi connectivity index (χ0n) is 6.07. The Labute approximate surface area is 63.7 Å². The van der Waals surface area contributed by atoms with Gasteiger partial charge >= 0.3 is 0 Å². The average molecular weight is 159 g/mol. The molecule has 0 aromatic heterocycles. The first-order valence-corrected chi connectivity index (χ1v) is 2.98. The van der Waals surface area contributed by atoms with E-state index >= 15 is 0 Å². The Balaban J connectivity index is 3.65. The Hall–Kier alpha value is -1.23. The summed E-state index contributed by atoms with van der Waals surface area (Å²) in [7, 11) is 0. The number of nitrogens with one attached hydrogen (secondary N) is 1. The molecule has 1 unspecified atom stereocenters. The maximum atomic E-state index is 10.3. The Morgan fingerprint density at radius 3 is 2.64 bits per heavy atom. The van der Waals surface area contributed by atoms with Crippen molar-refractivity contribution < 1.29 is 19.1 Å². The van der Waals surface area contributed by atoms with Crippen molar-refractivity contribution in [1.82, 2.24) is 5.32 Å². The highest BCUT2D eigenvalue weighted by molar-refractivity contribution is 5.76. The summed E-state index contributed by atoms with van der Waals surface area (Å²) in [6.45, 7) is 1.05. The molecule has 0 aromatic rings. The lowest BCUT2D eigenvalue weighted by atomic mass is 10.5. The van der Waals surface area contributed by atoms with Crippen LogP contribution < -0.4 is 5.32 Å². The lowest BCUT2D eigenvalue weighted by Gasteiger charge is -2.09. The van der Waals surface area contributed by atoms with Crippen molar-refractivity contribution in [3.05, 3.63) is 0 Å². The van der Waals surface area contributed by atoms with Gasteiger partial charge in [-0.3, -0.25) is 9.59 Å². The number of carbonyl (C=O) groups is 3. The molecule has 0 saturated heterocycles. The highest BCUT2D eigenvalue weighted by atomic mass is 16.5. The van der Waals surface area contributed by atoms with Gasteiger partial charge in [0.05, 0.1) is 0 Å². The zero-order chi connectivity index (χ0) is 8.69. The summed E-state index contributed by atoms with van der Waals surface area (Å²) >= 11 is 0. The molecule has 0 aliphatic heterocycles. The third kappa shape index (κ3) is 5.23. The Morgan fingerprint density at radius 2 is 2.27 bits per heavy atom. The quantitative estimate of drug-likeness (QED) is 0.406. The van der Waals surface area contributed by atoms with Crippen LogP contribution in [0.2, 0.25) is 0 Å². The van der Waals surface area contributed by atoms with Gasteiger partial charge in [-0.15, -0.1) is 0 Å². The SMILES string of the molecule is CC(=O)NC(C=O)OCC=O. The lowest BCUT2D eigenvalue weighted by molar-refractivity contribution is -0.132. The van der Waals surface area contributed by atoms with Crippen molar-refractivity contribution in [2.24, 2.45) is 0 Å². The molecule has 0 rings (SSSR count). The maximum absolute atomic E-state index is 10.3. The Kier molecular flexibility index (Phi) is 4.93. The fourth-order valence-electron chi connectivity index (χ4n) is 0.458. The first-order valence-electron chi connectivity index (χ1n) is 2.98. The summed E-state index contributed by atoms with van der Waals surface area (Å²) < 4.78 is 4.58. The van der Waals surface area contributed by atoms with Crippen molar-refractivity contribution in [2.75, 3.05) is 6.61 Å². The van der Waals surface area contributed by atoms with Crippen LogP contribution in [0.4, 0.5) is 0 Å². The van der Waals surface area contributed by atoms with Crippen LogP contribution in [0.1, 0.15) is 6.92 Å². The van der Waals surface area contributed by atoms with Gasteiger partial charge in [0, 0.05) is 6.92 Å². The van der Waals surface area contributed by atoms with E-state index in [2.05, 4.69) is 10.1 Å². The molecule has 1 atom stereocenters. The summed E-state index contributed by atoms with van der Waals surface area (Å²) in [6.07, 6.45) is -0.110. The minimum Gasteiger partial charge on any atom is -0.344 e. The minimum absolute atomic E-state index is 0.205. The minimum atomic E-state index is -1.02. The standard InChI is InChI=1S/C6H9NO4/c1-5(10)7-6(4-9)11-3-2-8/h2,4,6H,3H2,1H3,(H,7,10). The second-order valence-corrected chi connectivity index (χ2v) is 1.76. The molecule has 0 aromatic carbocycles. The predicted octanol–water partition coefficient (Wildman–Crippen LogP) is -1.14.